The second-order valence-electron chi connectivity index (χ2n) is 13.9. The van der Waals surface area contributed by atoms with Gasteiger partial charge in [0.15, 0.2) is 0 Å². The van der Waals surface area contributed by atoms with Gasteiger partial charge in [0.05, 0.1) is 45.3 Å². The number of rotatable bonds is 12. The second kappa shape index (κ2) is 16.2. The highest BCUT2D eigenvalue weighted by Gasteiger charge is 2.53. The van der Waals surface area contributed by atoms with Crippen LogP contribution in [0.5, 0.6) is 5.75 Å². The molecule has 1 aliphatic heterocycles. The Bertz CT molecular complexity index is 1920. The number of nitrogens with one attached hydrogen (secondary N) is 1. The first kappa shape index (κ1) is 39.8. The van der Waals surface area contributed by atoms with Crippen molar-refractivity contribution in [1.82, 2.24) is 4.90 Å². The lowest BCUT2D eigenvalue weighted by atomic mass is 9.66. The SMILES string of the molecule is COc1cc(C(=O)O)ccc1NC(=O)C[C@@]1(C)C[C@H](c2cccc(Cl)c2)[C@@H](c2ccc(Cl)cc2)N(C(CS(=O)(=NC(C)=O)C(C)C)C(C)C)C1=O. The molecule has 0 bridgehead atoms. The summed E-state index contributed by atoms with van der Waals surface area (Å²) in [6.45, 7) is 10.4. The summed E-state index contributed by atoms with van der Waals surface area (Å²) in [5.74, 6) is -3.04. The van der Waals surface area contributed by atoms with Gasteiger partial charge in [-0.05, 0) is 65.9 Å². The molecule has 3 amide bonds. The van der Waals surface area contributed by atoms with Crippen molar-refractivity contribution in [2.24, 2.45) is 15.7 Å². The normalized spacial score (nSPS) is 20.8. The standard InChI is InChI=1S/C38H45Cl2N3O7S/c1-22(2)32(21-51(49,23(3)4)42-24(5)44)43-35(25-11-14-28(39)15-12-25)30(26-9-8-10-29(40)17-26)19-38(6,37(43)48)20-34(45)41-31-16-13-27(36(46)47)18-33(31)50-7/h8-18,22-23,30,32,35H,19-21H2,1-7H3,(H,41,45)(H,46,47)/t30-,32?,35-,38-,51?/m1/s1. The Labute approximate surface area is 310 Å². The van der Waals surface area contributed by atoms with Crippen LogP contribution in [-0.4, -0.2) is 62.1 Å². The molecule has 0 aliphatic carbocycles. The number of halogens is 2. The first-order valence-corrected chi connectivity index (χ1v) is 19.2. The number of ether oxygens (including phenoxy) is 1. The van der Waals surface area contributed by atoms with Gasteiger partial charge in [-0.3, -0.25) is 14.4 Å². The van der Waals surface area contributed by atoms with E-state index in [1.807, 2.05) is 44.2 Å². The Hall–Kier alpha value is -3.93. The predicted octanol–water partition coefficient (Wildman–Crippen LogP) is 8.24. The first-order chi connectivity index (χ1) is 23.9. The van der Waals surface area contributed by atoms with E-state index in [4.69, 9.17) is 27.9 Å². The molecule has 2 unspecified atom stereocenters. The minimum atomic E-state index is -3.14. The van der Waals surface area contributed by atoms with Crippen molar-refractivity contribution in [3.63, 3.8) is 0 Å². The molecule has 3 aromatic carbocycles. The van der Waals surface area contributed by atoms with E-state index in [1.165, 1.54) is 32.2 Å². The molecule has 1 heterocycles. The Kier molecular flexibility index (Phi) is 12.6. The van der Waals surface area contributed by atoms with Gasteiger partial charge in [0.1, 0.15) is 5.75 Å². The molecule has 0 spiro atoms. The van der Waals surface area contributed by atoms with Gasteiger partial charge >= 0.3 is 5.97 Å². The lowest BCUT2D eigenvalue weighted by Gasteiger charge is -2.53. The summed E-state index contributed by atoms with van der Waals surface area (Å²) in [6.07, 6.45) is 0.0133. The van der Waals surface area contributed by atoms with E-state index in [1.54, 1.807) is 43.9 Å². The minimum Gasteiger partial charge on any atom is -0.495 e. The molecular formula is C38H45Cl2N3O7S. The molecule has 1 aliphatic rings. The van der Waals surface area contributed by atoms with Crippen molar-refractivity contribution in [2.75, 3.05) is 18.2 Å². The summed E-state index contributed by atoms with van der Waals surface area (Å²) in [4.78, 5) is 54.6. The molecule has 13 heteroatoms. The molecule has 2 N–H and O–H groups in total. The van der Waals surface area contributed by atoms with Crippen LogP contribution >= 0.6 is 23.2 Å². The van der Waals surface area contributed by atoms with E-state index in [9.17, 15) is 23.7 Å². The van der Waals surface area contributed by atoms with Crippen LogP contribution in [0.3, 0.4) is 0 Å². The van der Waals surface area contributed by atoms with Crippen LogP contribution in [0.15, 0.2) is 71.1 Å². The molecular weight excluding hydrogens is 713 g/mol. The van der Waals surface area contributed by atoms with E-state index < -0.39 is 50.3 Å². The zero-order valence-electron chi connectivity index (χ0n) is 29.8. The van der Waals surface area contributed by atoms with Crippen LogP contribution in [-0.2, 0) is 24.1 Å². The lowest BCUT2D eigenvalue weighted by molar-refractivity contribution is -0.157. The number of benzene rings is 3. The maximum atomic E-state index is 15.2. The van der Waals surface area contributed by atoms with Crippen LogP contribution in [0.2, 0.25) is 10.0 Å². The number of hydrogen-bond donors (Lipinski definition) is 2. The van der Waals surface area contributed by atoms with Crippen molar-refractivity contribution in [1.29, 1.82) is 0 Å². The van der Waals surface area contributed by atoms with Gasteiger partial charge in [0.2, 0.25) is 11.8 Å². The predicted molar refractivity (Wildman–Crippen MR) is 201 cm³/mol. The lowest BCUT2D eigenvalue weighted by Crippen LogP contribution is -2.59. The number of carbonyl (C=O) groups excluding carboxylic acids is 3. The number of anilines is 1. The fraction of sp³-hybridized carbons (Fsp3) is 0.421. The topological polar surface area (TPSA) is 142 Å². The monoisotopic (exact) mass is 757 g/mol. The van der Waals surface area contributed by atoms with Crippen molar-refractivity contribution in [3.8, 4) is 5.75 Å². The highest BCUT2D eigenvalue weighted by atomic mass is 35.5. The third-order valence-corrected chi connectivity index (χ3v) is 12.8. The minimum absolute atomic E-state index is 0.0123. The molecule has 0 aromatic heterocycles. The smallest absolute Gasteiger partial charge is 0.335 e. The van der Waals surface area contributed by atoms with Gasteiger partial charge in [-0.25, -0.2) is 9.00 Å². The zero-order chi connectivity index (χ0) is 37.8. The van der Waals surface area contributed by atoms with Crippen molar-refractivity contribution in [3.05, 3.63) is 93.5 Å². The van der Waals surface area contributed by atoms with Crippen molar-refractivity contribution >= 4 is 62.3 Å². The molecule has 10 nitrogen and oxygen atoms in total. The number of carboxylic acid groups (broad SMARTS) is 1. The number of carboxylic acids is 1. The number of piperidine rings is 1. The number of methoxy groups -OCH3 is 1. The van der Waals surface area contributed by atoms with Gasteiger partial charge < -0.3 is 20.1 Å². The van der Waals surface area contributed by atoms with E-state index in [0.717, 1.165) is 11.1 Å². The van der Waals surface area contributed by atoms with E-state index in [0.29, 0.717) is 10.0 Å². The van der Waals surface area contributed by atoms with Gasteiger partial charge in [-0.2, -0.15) is 4.36 Å². The highest BCUT2D eigenvalue weighted by Crippen LogP contribution is 2.53. The molecule has 3 aromatic rings. The fourth-order valence-corrected chi connectivity index (χ4v) is 9.24. The summed E-state index contributed by atoms with van der Waals surface area (Å²) >= 11 is 12.9. The molecule has 5 atom stereocenters. The Morgan fingerprint density at radius 1 is 1.02 bits per heavy atom. The number of carbonyl (C=O) groups is 4. The van der Waals surface area contributed by atoms with E-state index in [-0.39, 0.29) is 53.3 Å². The molecule has 0 saturated carbocycles. The summed E-state index contributed by atoms with van der Waals surface area (Å²) in [5.41, 5.74) is 0.597. The quantitative estimate of drug-likeness (QED) is 0.190. The number of amides is 3. The number of aromatic carboxylic acids is 1. The third kappa shape index (κ3) is 9.12. The average Bonchev–Trinajstić information content (AvgIpc) is 3.05. The maximum absolute atomic E-state index is 15.2. The molecule has 0 radical (unpaired) electrons. The number of likely N-dealkylation sites (tertiary alicyclic amines) is 1. The second-order valence-corrected chi connectivity index (χ2v) is 17.6. The highest BCUT2D eigenvalue weighted by molar-refractivity contribution is 7.94. The molecule has 274 valence electrons. The Balaban J connectivity index is 1.90. The summed E-state index contributed by atoms with van der Waals surface area (Å²) < 4.78 is 23.9. The van der Waals surface area contributed by atoms with Crippen molar-refractivity contribution < 1.29 is 33.2 Å². The fourth-order valence-electron chi connectivity index (χ4n) is 6.78. The van der Waals surface area contributed by atoms with Crippen molar-refractivity contribution in [2.45, 2.75) is 77.6 Å². The van der Waals surface area contributed by atoms with Gasteiger partial charge in [-0.15, -0.1) is 0 Å². The van der Waals surface area contributed by atoms with E-state index in [2.05, 4.69) is 9.68 Å². The average molecular weight is 759 g/mol. The number of hydrogen-bond acceptors (Lipinski definition) is 6. The molecule has 1 saturated heterocycles. The van der Waals surface area contributed by atoms with Crippen LogP contribution in [0.25, 0.3) is 0 Å². The summed E-state index contributed by atoms with van der Waals surface area (Å²) in [7, 11) is -1.77. The molecule has 1 fully saturated rings. The largest absolute Gasteiger partial charge is 0.495 e. The van der Waals surface area contributed by atoms with Crippen LogP contribution in [0.4, 0.5) is 5.69 Å². The van der Waals surface area contributed by atoms with Crippen LogP contribution < -0.4 is 10.1 Å². The summed E-state index contributed by atoms with van der Waals surface area (Å²) in [6, 6.07) is 17.5. The van der Waals surface area contributed by atoms with Gasteiger partial charge in [-0.1, -0.05) is 82.1 Å². The zero-order valence-corrected chi connectivity index (χ0v) is 32.1. The van der Waals surface area contributed by atoms with Crippen LogP contribution in [0.1, 0.15) is 87.8 Å². The Morgan fingerprint density at radius 3 is 2.24 bits per heavy atom. The maximum Gasteiger partial charge on any atom is 0.335 e. The molecule has 4 rings (SSSR count). The molecule has 51 heavy (non-hydrogen) atoms. The number of nitrogens with zero attached hydrogens (tertiary/aromatic N) is 2. The summed E-state index contributed by atoms with van der Waals surface area (Å²) in [5, 5.41) is 12.8. The van der Waals surface area contributed by atoms with Gasteiger partial charge in [0, 0.05) is 40.6 Å². The Morgan fingerprint density at radius 2 is 1.69 bits per heavy atom. The first-order valence-electron chi connectivity index (χ1n) is 16.7. The van der Waals surface area contributed by atoms with E-state index >= 15 is 4.79 Å². The van der Waals surface area contributed by atoms with Crippen LogP contribution in [0, 0.1) is 11.3 Å². The third-order valence-electron chi connectivity index (χ3n) is 9.42. The van der Waals surface area contributed by atoms with Gasteiger partial charge in [0.25, 0.3) is 5.91 Å².